The molecule has 1 aromatic heterocycles. The minimum Gasteiger partial charge on any atom is -0.456 e. The van der Waals surface area contributed by atoms with Gasteiger partial charge in [-0.1, -0.05) is 140 Å². The van der Waals surface area contributed by atoms with Gasteiger partial charge in [-0.3, -0.25) is 0 Å². The summed E-state index contributed by atoms with van der Waals surface area (Å²) in [6, 6.07) is 67.6. The highest BCUT2D eigenvalue weighted by atomic mass is 16.3. The van der Waals surface area contributed by atoms with Crippen molar-refractivity contribution in [2.24, 2.45) is 0 Å². The molecule has 0 radical (unpaired) electrons. The first-order valence-electron chi connectivity index (χ1n) is 17.1. The maximum absolute atomic E-state index is 6.39. The van der Waals surface area contributed by atoms with Crippen molar-refractivity contribution in [3.63, 3.8) is 0 Å². The summed E-state index contributed by atoms with van der Waals surface area (Å²) in [7, 11) is 0. The van der Waals surface area contributed by atoms with Crippen LogP contribution in [0.4, 0.5) is 17.1 Å². The lowest BCUT2D eigenvalue weighted by molar-refractivity contribution is 0.669. The number of nitrogens with zero attached hydrogens (tertiary/aromatic N) is 1. The molecule has 0 saturated heterocycles. The minimum absolute atomic E-state index is 0.876. The predicted octanol–water partition coefficient (Wildman–Crippen LogP) is 13.8. The van der Waals surface area contributed by atoms with Gasteiger partial charge in [-0.05, 0) is 97.7 Å². The van der Waals surface area contributed by atoms with E-state index < -0.39 is 0 Å². The minimum atomic E-state index is 0.876. The molecular weight excluding hydrogens is 607 g/mol. The molecule has 0 atom stereocenters. The Kier molecular flexibility index (Phi) is 6.53. The highest BCUT2D eigenvalue weighted by Crippen LogP contribution is 2.46. The van der Waals surface area contributed by atoms with Crippen LogP contribution in [0.5, 0.6) is 0 Å². The number of hydrogen-bond donors (Lipinski definition) is 0. The van der Waals surface area contributed by atoms with Crippen LogP contribution < -0.4 is 4.90 Å². The average Bonchev–Trinajstić information content (AvgIpc) is 3.58. The van der Waals surface area contributed by atoms with Gasteiger partial charge in [0.1, 0.15) is 11.2 Å². The fourth-order valence-electron chi connectivity index (χ4n) is 7.62. The second-order valence-electron chi connectivity index (χ2n) is 12.9. The van der Waals surface area contributed by atoms with Gasteiger partial charge in [0.2, 0.25) is 0 Å². The van der Waals surface area contributed by atoms with Gasteiger partial charge < -0.3 is 9.32 Å². The van der Waals surface area contributed by atoms with Crippen LogP contribution in [-0.4, -0.2) is 0 Å². The molecule has 0 amide bonds. The largest absolute Gasteiger partial charge is 0.456 e. The second kappa shape index (κ2) is 11.5. The summed E-state index contributed by atoms with van der Waals surface area (Å²) in [6.07, 6.45) is 0. The summed E-state index contributed by atoms with van der Waals surface area (Å²) < 4.78 is 6.39. The molecule has 0 aliphatic rings. The zero-order chi connectivity index (χ0) is 33.0. The Morgan fingerprint density at radius 1 is 0.320 bits per heavy atom. The average molecular weight is 638 g/mol. The van der Waals surface area contributed by atoms with Gasteiger partial charge in [0.05, 0.1) is 16.8 Å². The number of benzene rings is 9. The Balaban J connectivity index is 1.15. The maximum Gasteiger partial charge on any atom is 0.137 e. The summed E-state index contributed by atoms with van der Waals surface area (Å²) in [5.74, 6) is 0. The topological polar surface area (TPSA) is 16.4 Å². The van der Waals surface area contributed by atoms with Crippen molar-refractivity contribution in [2.45, 2.75) is 0 Å². The maximum atomic E-state index is 6.39. The van der Waals surface area contributed by atoms with Crippen molar-refractivity contribution < 1.29 is 4.42 Å². The first kappa shape index (κ1) is 28.4. The number of hydrogen-bond acceptors (Lipinski definition) is 2. The quantitative estimate of drug-likeness (QED) is 0.175. The highest BCUT2D eigenvalue weighted by molar-refractivity contribution is 6.18. The van der Waals surface area contributed by atoms with Crippen LogP contribution in [0, 0.1) is 0 Å². The third kappa shape index (κ3) is 4.65. The van der Waals surface area contributed by atoms with E-state index in [4.69, 9.17) is 4.42 Å². The summed E-state index contributed by atoms with van der Waals surface area (Å²) >= 11 is 0. The molecule has 2 heteroatoms. The standard InChI is InChI=1S/C48H31NO/c1-2-12-34-30-37(24-23-32(34)11-1)36-15-9-14-35(29-36)33-25-27-39(28-26-33)49(44-20-10-22-47-48(44)43-19-7-8-21-46(43)50-47)45-31-38-13-3-4-16-40(38)41-17-5-6-18-42(41)45/h1-31H. The van der Waals surface area contributed by atoms with E-state index in [1.165, 1.54) is 54.6 Å². The molecule has 0 aliphatic heterocycles. The van der Waals surface area contributed by atoms with Crippen molar-refractivity contribution in [3.05, 3.63) is 188 Å². The molecule has 1 heterocycles. The highest BCUT2D eigenvalue weighted by Gasteiger charge is 2.22. The lowest BCUT2D eigenvalue weighted by Crippen LogP contribution is -2.11. The second-order valence-corrected chi connectivity index (χ2v) is 12.9. The van der Waals surface area contributed by atoms with Crippen LogP contribution in [0.15, 0.2) is 192 Å². The van der Waals surface area contributed by atoms with Crippen molar-refractivity contribution in [1.29, 1.82) is 0 Å². The molecule has 10 aromatic rings. The molecule has 0 N–H and O–H groups in total. The number of rotatable bonds is 5. The van der Waals surface area contributed by atoms with Gasteiger partial charge in [0.15, 0.2) is 0 Å². The summed E-state index contributed by atoms with van der Waals surface area (Å²) in [4.78, 5) is 2.41. The molecule has 50 heavy (non-hydrogen) atoms. The van der Waals surface area contributed by atoms with Gasteiger partial charge in [-0.25, -0.2) is 0 Å². The molecule has 0 saturated carbocycles. The molecule has 0 bridgehead atoms. The summed E-state index contributed by atoms with van der Waals surface area (Å²) in [5, 5.41) is 9.60. The predicted molar refractivity (Wildman–Crippen MR) is 212 cm³/mol. The molecule has 0 aliphatic carbocycles. The number of para-hydroxylation sites is 1. The lowest BCUT2D eigenvalue weighted by atomic mass is 9.96. The van der Waals surface area contributed by atoms with Gasteiger partial charge in [0.25, 0.3) is 0 Å². The van der Waals surface area contributed by atoms with Crippen LogP contribution >= 0.6 is 0 Å². The molecule has 2 nitrogen and oxygen atoms in total. The molecule has 0 unspecified atom stereocenters. The van der Waals surface area contributed by atoms with Crippen molar-refractivity contribution in [3.8, 4) is 22.3 Å². The van der Waals surface area contributed by atoms with E-state index in [9.17, 15) is 0 Å². The van der Waals surface area contributed by atoms with Gasteiger partial charge in [-0.2, -0.15) is 0 Å². The van der Waals surface area contributed by atoms with E-state index in [0.29, 0.717) is 0 Å². The zero-order valence-corrected chi connectivity index (χ0v) is 27.3. The van der Waals surface area contributed by atoms with Crippen LogP contribution in [0.3, 0.4) is 0 Å². The summed E-state index contributed by atoms with van der Waals surface area (Å²) in [5.41, 5.74) is 9.84. The Morgan fingerprint density at radius 3 is 1.76 bits per heavy atom. The van der Waals surface area contributed by atoms with Gasteiger partial charge in [-0.15, -0.1) is 0 Å². The normalized spacial score (nSPS) is 11.6. The fourth-order valence-corrected chi connectivity index (χ4v) is 7.62. The van der Waals surface area contributed by atoms with E-state index >= 15 is 0 Å². The van der Waals surface area contributed by atoms with E-state index in [0.717, 1.165) is 39.0 Å². The van der Waals surface area contributed by atoms with Gasteiger partial charge >= 0.3 is 0 Å². The number of fused-ring (bicyclic) bond motifs is 7. The van der Waals surface area contributed by atoms with Crippen molar-refractivity contribution in [2.75, 3.05) is 4.90 Å². The SMILES string of the molecule is c1cc(-c2ccc(N(c3cc4ccccc4c4ccccc34)c3cccc4oc5ccccc5c34)cc2)cc(-c2ccc3ccccc3c2)c1. The third-order valence-electron chi connectivity index (χ3n) is 10.0. The van der Waals surface area contributed by atoms with Crippen molar-refractivity contribution in [1.82, 2.24) is 0 Å². The molecule has 9 aromatic carbocycles. The van der Waals surface area contributed by atoms with E-state index in [-0.39, 0.29) is 0 Å². The van der Waals surface area contributed by atoms with Gasteiger partial charge in [0, 0.05) is 16.5 Å². The monoisotopic (exact) mass is 637 g/mol. The van der Waals surface area contributed by atoms with E-state index in [1.807, 2.05) is 6.07 Å². The zero-order valence-electron chi connectivity index (χ0n) is 27.3. The van der Waals surface area contributed by atoms with Crippen molar-refractivity contribution >= 4 is 71.3 Å². The molecule has 0 fully saturated rings. The van der Waals surface area contributed by atoms with E-state index in [2.05, 4.69) is 187 Å². The molecule has 234 valence electrons. The fraction of sp³-hybridized carbons (Fsp3) is 0. The molecule has 10 rings (SSSR count). The number of furan rings is 1. The Labute approximate surface area is 290 Å². The lowest BCUT2D eigenvalue weighted by Gasteiger charge is -2.28. The smallest absolute Gasteiger partial charge is 0.137 e. The third-order valence-corrected chi connectivity index (χ3v) is 10.0. The van der Waals surface area contributed by atoms with Crippen LogP contribution in [0.2, 0.25) is 0 Å². The first-order chi connectivity index (χ1) is 24.8. The Bertz CT molecular complexity index is 2880. The van der Waals surface area contributed by atoms with E-state index in [1.54, 1.807) is 0 Å². The first-order valence-corrected chi connectivity index (χ1v) is 17.1. The Morgan fingerprint density at radius 2 is 0.920 bits per heavy atom. The summed E-state index contributed by atoms with van der Waals surface area (Å²) in [6.45, 7) is 0. The molecular formula is C48H31NO. The Hall–Kier alpha value is -6.64. The molecule has 0 spiro atoms. The van der Waals surface area contributed by atoms with Crippen LogP contribution in [0.25, 0.3) is 76.5 Å². The van der Waals surface area contributed by atoms with Crippen LogP contribution in [-0.2, 0) is 0 Å². The van der Waals surface area contributed by atoms with Crippen LogP contribution in [0.1, 0.15) is 0 Å². The number of anilines is 3.